The van der Waals surface area contributed by atoms with Crippen LogP contribution in [0.15, 0.2) is 46.9 Å². The number of halogens is 1. The first-order valence-corrected chi connectivity index (χ1v) is 6.36. The molecule has 0 saturated heterocycles. The number of rotatable bonds is 2. The van der Waals surface area contributed by atoms with E-state index in [2.05, 4.69) is 0 Å². The molecule has 1 aromatic heterocycles. The third-order valence-electron chi connectivity index (χ3n) is 3.38. The van der Waals surface area contributed by atoms with E-state index < -0.39 is 5.82 Å². The Hall–Kier alpha value is -2.42. The van der Waals surface area contributed by atoms with E-state index in [9.17, 15) is 9.18 Å². The Kier molecular flexibility index (Phi) is 2.90. The smallest absolute Gasteiger partial charge is 0.159 e. The molecule has 0 aliphatic rings. The summed E-state index contributed by atoms with van der Waals surface area (Å²) in [6, 6.07) is 11.9. The molecule has 0 radical (unpaired) electrons. The lowest BCUT2D eigenvalue weighted by molar-refractivity contribution is 0.101. The molecule has 0 saturated carbocycles. The third-order valence-corrected chi connectivity index (χ3v) is 3.38. The SMILES string of the molecule is CC(=O)c1ccc(F)c(-c2cc3cccc(C)c3o2)c1. The lowest BCUT2D eigenvalue weighted by Gasteiger charge is -2.02. The van der Waals surface area contributed by atoms with Crippen molar-refractivity contribution < 1.29 is 13.6 Å². The molecule has 0 aliphatic heterocycles. The molecule has 3 rings (SSSR count). The summed E-state index contributed by atoms with van der Waals surface area (Å²) in [6.07, 6.45) is 0. The summed E-state index contributed by atoms with van der Waals surface area (Å²) in [7, 11) is 0. The van der Waals surface area contributed by atoms with Crippen LogP contribution in [0.5, 0.6) is 0 Å². The zero-order valence-electron chi connectivity index (χ0n) is 11.2. The van der Waals surface area contributed by atoms with Crippen molar-refractivity contribution in [2.45, 2.75) is 13.8 Å². The molecule has 20 heavy (non-hydrogen) atoms. The molecular weight excluding hydrogens is 255 g/mol. The van der Waals surface area contributed by atoms with Crippen molar-refractivity contribution in [1.82, 2.24) is 0 Å². The number of fused-ring (bicyclic) bond motifs is 1. The summed E-state index contributed by atoms with van der Waals surface area (Å²) >= 11 is 0. The molecule has 3 aromatic rings. The maximum atomic E-state index is 14.0. The summed E-state index contributed by atoms with van der Waals surface area (Å²) in [5, 5.41) is 0.924. The average Bonchev–Trinajstić information content (AvgIpc) is 2.84. The predicted molar refractivity (Wildman–Crippen MR) is 76.3 cm³/mol. The van der Waals surface area contributed by atoms with Gasteiger partial charge in [-0.05, 0) is 43.7 Å². The minimum atomic E-state index is -0.397. The normalized spacial score (nSPS) is 10.9. The molecule has 0 aliphatic carbocycles. The minimum Gasteiger partial charge on any atom is -0.456 e. The molecule has 2 aromatic carbocycles. The fraction of sp³-hybridized carbons (Fsp3) is 0.118. The summed E-state index contributed by atoms with van der Waals surface area (Å²) in [6.45, 7) is 3.40. The number of carbonyl (C=O) groups excluding carboxylic acids is 1. The van der Waals surface area contributed by atoms with Crippen molar-refractivity contribution >= 4 is 16.8 Å². The second kappa shape index (κ2) is 4.60. The number of ketones is 1. The highest BCUT2D eigenvalue weighted by Crippen LogP contribution is 2.31. The van der Waals surface area contributed by atoms with E-state index >= 15 is 0 Å². The number of benzene rings is 2. The maximum absolute atomic E-state index is 14.0. The highest BCUT2D eigenvalue weighted by Gasteiger charge is 2.13. The van der Waals surface area contributed by atoms with Crippen LogP contribution in [0, 0.1) is 12.7 Å². The maximum Gasteiger partial charge on any atom is 0.159 e. The molecule has 0 unspecified atom stereocenters. The summed E-state index contributed by atoms with van der Waals surface area (Å²) in [5.74, 6) is -0.0554. The van der Waals surface area contributed by atoms with E-state index in [0.717, 1.165) is 16.5 Å². The van der Waals surface area contributed by atoms with E-state index in [1.807, 2.05) is 25.1 Å². The first-order valence-electron chi connectivity index (χ1n) is 6.36. The highest BCUT2D eigenvalue weighted by atomic mass is 19.1. The highest BCUT2D eigenvalue weighted by molar-refractivity contribution is 5.95. The lowest BCUT2D eigenvalue weighted by Crippen LogP contribution is -1.93. The lowest BCUT2D eigenvalue weighted by atomic mass is 10.1. The van der Waals surface area contributed by atoms with Crippen LogP contribution in [0.25, 0.3) is 22.3 Å². The van der Waals surface area contributed by atoms with Gasteiger partial charge in [0, 0.05) is 10.9 Å². The van der Waals surface area contributed by atoms with E-state index in [1.54, 1.807) is 6.07 Å². The number of Topliss-reactive ketones (excluding diaryl/α,β-unsaturated/α-hetero) is 1. The van der Waals surface area contributed by atoms with E-state index in [0.29, 0.717) is 16.9 Å². The standard InChI is InChI=1S/C17H13FO2/c1-10-4-3-5-13-9-16(20-17(10)13)14-8-12(11(2)19)6-7-15(14)18/h3-9H,1-2H3. The first-order chi connectivity index (χ1) is 9.56. The zero-order chi connectivity index (χ0) is 14.3. The van der Waals surface area contributed by atoms with Crippen LogP contribution in [0.3, 0.4) is 0 Å². The Morgan fingerprint density at radius 1 is 1.15 bits per heavy atom. The van der Waals surface area contributed by atoms with Gasteiger partial charge in [0.1, 0.15) is 17.2 Å². The van der Waals surface area contributed by atoms with Crippen LogP contribution < -0.4 is 0 Å². The third kappa shape index (κ3) is 2.01. The Bertz CT molecular complexity index is 815. The van der Waals surface area contributed by atoms with Crippen molar-refractivity contribution in [3.63, 3.8) is 0 Å². The van der Waals surface area contributed by atoms with Gasteiger partial charge in [-0.15, -0.1) is 0 Å². The van der Waals surface area contributed by atoms with Gasteiger partial charge in [0.2, 0.25) is 0 Å². The van der Waals surface area contributed by atoms with Gasteiger partial charge < -0.3 is 4.42 Å². The van der Waals surface area contributed by atoms with Crippen molar-refractivity contribution in [2.24, 2.45) is 0 Å². The molecule has 1 heterocycles. The monoisotopic (exact) mass is 268 g/mol. The second-order valence-corrected chi connectivity index (χ2v) is 4.85. The predicted octanol–water partition coefficient (Wildman–Crippen LogP) is 4.75. The molecule has 0 fully saturated rings. The molecular formula is C17H13FO2. The van der Waals surface area contributed by atoms with E-state index in [-0.39, 0.29) is 5.78 Å². The minimum absolute atomic E-state index is 0.0986. The second-order valence-electron chi connectivity index (χ2n) is 4.85. The van der Waals surface area contributed by atoms with Crippen molar-refractivity contribution in [1.29, 1.82) is 0 Å². The van der Waals surface area contributed by atoms with E-state index in [4.69, 9.17) is 4.42 Å². The number of furan rings is 1. The van der Waals surface area contributed by atoms with Crippen LogP contribution in [0.4, 0.5) is 4.39 Å². The fourth-order valence-corrected chi connectivity index (χ4v) is 2.27. The van der Waals surface area contributed by atoms with Crippen LogP contribution in [0.1, 0.15) is 22.8 Å². The van der Waals surface area contributed by atoms with Crippen molar-refractivity contribution in [3.8, 4) is 11.3 Å². The fourth-order valence-electron chi connectivity index (χ4n) is 2.27. The van der Waals surface area contributed by atoms with Crippen molar-refractivity contribution in [2.75, 3.05) is 0 Å². The Morgan fingerprint density at radius 2 is 1.95 bits per heavy atom. The van der Waals surface area contributed by atoms with Gasteiger partial charge in [0.15, 0.2) is 5.78 Å². The van der Waals surface area contributed by atoms with Crippen LogP contribution in [-0.2, 0) is 0 Å². The molecule has 0 spiro atoms. The van der Waals surface area contributed by atoms with Gasteiger partial charge in [0.25, 0.3) is 0 Å². The molecule has 0 atom stereocenters. The van der Waals surface area contributed by atoms with Gasteiger partial charge in [-0.25, -0.2) is 4.39 Å². The largest absolute Gasteiger partial charge is 0.456 e. The van der Waals surface area contributed by atoms with Gasteiger partial charge >= 0.3 is 0 Å². The van der Waals surface area contributed by atoms with Gasteiger partial charge in [0.05, 0.1) is 5.56 Å². The molecule has 0 amide bonds. The van der Waals surface area contributed by atoms with Gasteiger partial charge in [-0.2, -0.15) is 0 Å². The van der Waals surface area contributed by atoms with E-state index in [1.165, 1.54) is 25.1 Å². The summed E-state index contributed by atoms with van der Waals surface area (Å²) in [5.41, 5.74) is 2.53. The van der Waals surface area contributed by atoms with Gasteiger partial charge in [-0.1, -0.05) is 18.2 Å². The number of aryl methyl sites for hydroxylation is 1. The topological polar surface area (TPSA) is 30.2 Å². The summed E-state index contributed by atoms with van der Waals surface area (Å²) in [4.78, 5) is 11.4. The number of para-hydroxylation sites is 1. The Morgan fingerprint density at radius 3 is 2.65 bits per heavy atom. The van der Waals surface area contributed by atoms with Crippen LogP contribution in [0.2, 0.25) is 0 Å². The Labute approximate surface area is 115 Å². The number of hydrogen-bond donors (Lipinski definition) is 0. The van der Waals surface area contributed by atoms with Crippen LogP contribution >= 0.6 is 0 Å². The van der Waals surface area contributed by atoms with Crippen LogP contribution in [-0.4, -0.2) is 5.78 Å². The molecule has 100 valence electrons. The molecule has 2 nitrogen and oxygen atoms in total. The quantitative estimate of drug-likeness (QED) is 0.628. The first kappa shape index (κ1) is 12.6. The zero-order valence-corrected chi connectivity index (χ0v) is 11.2. The van der Waals surface area contributed by atoms with Gasteiger partial charge in [-0.3, -0.25) is 4.79 Å². The number of carbonyl (C=O) groups is 1. The Balaban J connectivity index is 2.22. The number of hydrogen-bond acceptors (Lipinski definition) is 2. The van der Waals surface area contributed by atoms with Crippen molar-refractivity contribution in [3.05, 3.63) is 59.4 Å². The molecule has 3 heteroatoms. The molecule has 0 bridgehead atoms. The average molecular weight is 268 g/mol. The molecule has 0 N–H and O–H groups in total. The summed E-state index contributed by atoms with van der Waals surface area (Å²) < 4.78 is 19.7.